The first-order chi connectivity index (χ1) is 6.77. The van der Waals surface area contributed by atoms with Gasteiger partial charge in [-0.15, -0.1) is 0 Å². The van der Waals surface area contributed by atoms with Gasteiger partial charge in [-0.25, -0.2) is 0 Å². The number of hydrogen-bond donors (Lipinski definition) is 1. The smallest absolute Gasteiger partial charge is 0.136 e. The third-order valence-electron chi connectivity index (χ3n) is 3.31. The van der Waals surface area contributed by atoms with Gasteiger partial charge in [0.2, 0.25) is 0 Å². The van der Waals surface area contributed by atoms with Crippen molar-refractivity contribution in [2.24, 2.45) is 5.92 Å². The van der Waals surface area contributed by atoms with E-state index in [0.29, 0.717) is 5.37 Å². The SMILES string of the molecule is O=C([O-])[C@H]1CS[C@@H](C2CCCCC2)[NH2+]1. The number of hydrogen-bond acceptors (Lipinski definition) is 3. The zero-order valence-corrected chi connectivity index (χ0v) is 9.09. The largest absolute Gasteiger partial charge is 0.544 e. The van der Waals surface area contributed by atoms with E-state index in [1.165, 1.54) is 32.1 Å². The average molecular weight is 215 g/mol. The number of thioether (sulfide) groups is 1. The van der Waals surface area contributed by atoms with E-state index in [-0.39, 0.29) is 6.04 Å². The van der Waals surface area contributed by atoms with Crippen molar-refractivity contribution in [2.75, 3.05) is 5.75 Å². The summed E-state index contributed by atoms with van der Waals surface area (Å²) in [6.45, 7) is 0. The van der Waals surface area contributed by atoms with Gasteiger partial charge in [-0.1, -0.05) is 31.0 Å². The Morgan fingerprint density at radius 2 is 2.00 bits per heavy atom. The molecule has 2 rings (SSSR count). The maximum absolute atomic E-state index is 10.7. The summed E-state index contributed by atoms with van der Waals surface area (Å²) in [5.41, 5.74) is 0. The van der Waals surface area contributed by atoms with Crippen LogP contribution in [-0.2, 0) is 4.79 Å². The number of carboxylic acids is 1. The predicted octanol–water partition coefficient (Wildman–Crippen LogP) is -0.678. The molecular weight excluding hydrogens is 198 g/mol. The van der Waals surface area contributed by atoms with Crippen molar-refractivity contribution < 1.29 is 15.2 Å². The van der Waals surface area contributed by atoms with E-state index < -0.39 is 5.97 Å². The van der Waals surface area contributed by atoms with Gasteiger partial charge in [0, 0.05) is 5.92 Å². The molecule has 0 aromatic rings. The number of rotatable bonds is 2. The Morgan fingerprint density at radius 3 is 2.57 bits per heavy atom. The third-order valence-corrected chi connectivity index (χ3v) is 4.79. The Kier molecular flexibility index (Phi) is 3.34. The van der Waals surface area contributed by atoms with Gasteiger partial charge in [0.1, 0.15) is 17.4 Å². The van der Waals surface area contributed by atoms with Crippen LogP contribution in [0, 0.1) is 5.92 Å². The molecule has 1 saturated heterocycles. The molecule has 3 nitrogen and oxygen atoms in total. The molecule has 2 N–H and O–H groups in total. The molecule has 2 aliphatic rings. The zero-order chi connectivity index (χ0) is 9.97. The summed E-state index contributed by atoms with van der Waals surface area (Å²) < 4.78 is 0. The summed E-state index contributed by atoms with van der Waals surface area (Å²) in [5, 5.41) is 13.2. The molecule has 80 valence electrons. The molecule has 0 radical (unpaired) electrons. The van der Waals surface area contributed by atoms with Gasteiger partial charge in [0.05, 0.1) is 5.75 Å². The number of carbonyl (C=O) groups is 1. The van der Waals surface area contributed by atoms with E-state index in [0.717, 1.165) is 11.7 Å². The molecule has 1 heterocycles. The zero-order valence-electron chi connectivity index (χ0n) is 8.28. The minimum atomic E-state index is -0.893. The Bertz CT molecular complexity index is 216. The van der Waals surface area contributed by atoms with Crippen LogP contribution in [0.25, 0.3) is 0 Å². The van der Waals surface area contributed by atoms with Crippen LogP contribution in [0.5, 0.6) is 0 Å². The molecule has 0 spiro atoms. The first kappa shape index (κ1) is 10.3. The third kappa shape index (κ3) is 2.23. The monoisotopic (exact) mass is 215 g/mol. The van der Waals surface area contributed by atoms with E-state index in [1.807, 2.05) is 17.1 Å². The summed E-state index contributed by atoms with van der Waals surface area (Å²) in [4.78, 5) is 10.7. The van der Waals surface area contributed by atoms with Crippen molar-refractivity contribution in [1.29, 1.82) is 0 Å². The van der Waals surface area contributed by atoms with Gasteiger partial charge in [-0.3, -0.25) is 0 Å². The van der Waals surface area contributed by atoms with E-state index in [9.17, 15) is 9.90 Å². The topological polar surface area (TPSA) is 56.7 Å². The Morgan fingerprint density at radius 1 is 1.29 bits per heavy atom. The molecule has 1 aliphatic carbocycles. The fraction of sp³-hybridized carbons (Fsp3) is 0.900. The van der Waals surface area contributed by atoms with Crippen molar-refractivity contribution in [3.63, 3.8) is 0 Å². The van der Waals surface area contributed by atoms with Gasteiger partial charge >= 0.3 is 0 Å². The summed E-state index contributed by atoms with van der Waals surface area (Å²) in [5.74, 6) is 0.567. The van der Waals surface area contributed by atoms with E-state index >= 15 is 0 Å². The number of nitrogens with two attached hydrogens (primary N) is 1. The highest BCUT2D eigenvalue weighted by Crippen LogP contribution is 2.31. The highest BCUT2D eigenvalue weighted by Gasteiger charge is 2.35. The first-order valence-corrected chi connectivity index (χ1v) is 6.49. The Balaban J connectivity index is 1.85. The molecule has 1 aliphatic heterocycles. The second-order valence-corrected chi connectivity index (χ2v) is 5.53. The van der Waals surface area contributed by atoms with Gasteiger partial charge in [-0.2, -0.15) is 0 Å². The van der Waals surface area contributed by atoms with Crippen LogP contribution in [0.15, 0.2) is 0 Å². The van der Waals surface area contributed by atoms with Gasteiger partial charge in [0.15, 0.2) is 0 Å². The number of carbonyl (C=O) groups excluding carboxylic acids is 1. The van der Waals surface area contributed by atoms with Crippen molar-refractivity contribution in [1.82, 2.24) is 0 Å². The van der Waals surface area contributed by atoms with Crippen LogP contribution >= 0.6 is 11.8 Å². The normalized spacial score (nSPS) is 34.6. The molecule has 14 heavy (non-hydrogen) atoms. The first-order valence-electron chi connectivity index (χ1n) is 5.45. The molecular formula is C10H17NO2S. The summed E-state index contributed by atoms with van der Waals surface area (Å²) >= 11 is 1.81. The number of carboxylic acid groups (broad SMARTS) is 1. The minimum absolute atomic E-state index is 0.299. The van der Waals surface area contributed by atoms with Crippen molar-refractivity contribution in [3.8, 4) is 0 Å². The fourth-order valence-electron chi connectivity index (χ4n) is 2.46. The van der Waals surface area contributed by atoms with Crippen LogP contribution in [0.2, 0.25) is 0 Å². The lowest BCUT2D eigenvalue weighted by molar-refractivity contribution is -0.690. The predicted molar refractivity (Wildman–Crippen MR) is 53.5 cm³/mol. The second-order valence-electron chi connectivity index (χ2n) is 4.31. The van der Waals surface area contributed by atoms with E-state index in [1.54, 1.807) is 0 Å². The van der Waals surface area contributed by atoms with Gasteiger partial charge in [-0.05, 0) is 12.8 Å². The van der Waals surface area contributed by atoms with Crippen LogP contribution in [-0.4, -0.2) is 23.1 Å². The lowest BCUT2D eigenvalue weighted by atomic mass is 9.89. The number of quaternary nitrogens is 1. The molecule has 0 aromatic carbocycles. The number of aliphatic carboxylic acids is 1. The van der Waals surface area contributed by atoms with E-state index in [2.05, 4.69) is 0 Å². The molecule has 0 unspecified atom stereocenters. The maximum Gasteiger partial charge on any atom is 0.136 e. The summed E-state index contributed by atoms with van der Waals surface area (Å²) in [6.07, 6.45) is 6.58. The molecule has 2 fully saturated rings. The van der Waals surface area contributed by atoms with Crippen LogP contribution in [0.3, 0.4) is 0 Å². The summed E-state index contributed by atoms with van der Waals surface area (Å²) in [6, 6.07) is -0.299. The van der Waals surface area contributed by atoms with Gasteiger partial charge < -0.3 is 15.2 Å². The van der Waals surface area contributed by atoms with Crippen LogP contribution in [0.4, 0.5) is 0 Å². The highest BCUT2D eigenvalue weighted by molar-refractivity contribution is 7.99. The van der Waals surface area contributed by atoms with Crippen molar-refractivity contribution in [2.45, 2.75) is 43.5 Å². The highest BCUT2D eigenvalue weighted by atomic mass is 32.2. The minimum Gasteiger partial charge on any atom is -0.544 e. The lowest BCUT2D eigenvalue weighted by Gasteiger charge is -2.24. The Hall–Kier alpha value is -0.220. The molecule has 0 amide bonds. The lowest BCUT2D eigenvalue weighted by Crippen LogP contribution is -2.95. The molecule has 2 atom stereocenters. The standard InChI is InChI=1S/C10H17NO2S/c12-10(13)8-6-14-9(11-8)7-4-2-1-3-5-7/h7-9,11H,1-6H2,(H,12,13)/t8-,9+/m1/s1. The quantitative estimate of drug-likeness (QED) is 0.664. The van der Waals surface area contributed by atoms with Crippen LogP contribution in [0.1, 0.15) is 32.1 Å². The molecule has 1 saturated carbocycles. The average Bonchev–Trinajstić information content (AvgIpc) is 2.68. The molecule has 4 heteroatoms. The summed E-state index contributed by atoms with van der Waals surface area (Å²) in [7, 11) is 0. The van der Waals surface area contributed by atoms with Gasteiger partial charge in [0.25, 0.3) is 0 Å². The molecule has 0 bridgehead atoms. The van der Waals surface area contributed by atoms with E-state index in [4.69, 9.17) is 0 Å². The second kappa shape index (κ2) is 4.53. The molecule has 0 aromatic heterocycles. The fourth-order valence-corrected chi connectivity index (χ4v) is 3.98. The van der Waals surface area contributed by atoms with Crippen molar-refractivity contribution in [3.05, 3.63) is 0 Å². The maximum atomic E-state index is 10.7. The van der Waals surface area contributed by atoms with Crippen LogP contribution < -0.4 is 10.4 Å². The van der Waals surface area contributed by atoms with Crippen molar-refractivity contribution >= 4 is 17.7 Å². The Labute approximate surface area is 88.6 Å².